The zero-order chi connectivity index (χ0) is 18.5. The molecule has 8 nitrogen and oxygen atoms in total. The molecule has 0 aromatic carbocycles. The summed E-state index contributed by atoms with van der Waals surface area (Å²) < 4.78 is 0. The molecule has 0 radical (unpaired) electrons. The second kappa shape index (κ2) is 13.1. The molecule has 0 bridgehead atoms. The Hall–Kier alpha value is -1.22. The van der Waals surface area contributed by atoms with Crippen molar-refractivity contribution in [3.63, 3.8) is 0 Å². The third kappa shape index (κ3) is 14.4. The average molecular weight is 346 g/mol. The molecule has 2 N–H and O–H groups in total. The number of hydrogen-bond donors (Lipinski definition) is 2. The molecular weight excluding hydrogens is 312 g/mol. The number of carboxylic acids is 2. The normalized spacial score (nSPS) is 11.8. The Kier molecular flexibility index (Phi) is 12.4. The summed E-state index contributed by atoms with van der Waals surface area (Å²) in [5, 5.41) is 17.4. The number of carboxylic acid groups (broad SMARTS) is 2. The summed E-state index contributed by atoms with van der Waals surface area (Å²) in [5.74, 6) is -1.58. The van der Waals surface area contributed by atoms with Crippen molar-refractivity contribution < 1.29 is 19.8 Å². The minimum Gasteiger partial charge on any atom is -0.480 e. The highest BCUT2D eigenvalue weighted by molar-refractivity contribution is 5.69. The fourth-order valence-corrected chi connectivity index (χ4v) is 2.41. The molecule has 0 fully saturated rings. The van der Waals surface area contributed by atoms with Gasteiger partial charge in [0.05, 0.1) is 13.1 Å². The summed E-state index contributed by atoms with van der Waals surface area (Å²) >= 11 is 0. The highest BCUT2D eigenvalue weighted by Crippen LogP contribution is 1.95. The molecular formula is C16H34N4O4. The van der Waals surface area contributed by atoms with E-state index in [2.05, 4.69) is 23.9 Å². The Bertz CT molecular complexity index is 334. The molecule has 8 heteroatoms. The molecule has 0 rings (SSSR count). The van der Waals surface area contributed by atoms with Crippen molar-refractivity contribution in [1.29, 1.82) is 0 Å². The largest absolute Gasteiger partial charge is 0.480 e. The van der Waals surface area contributed by atoms with Crippen LogP contribution in [0.15, 0.2) is 0 Å². The lowest BCUT2D eigenvalue weighted by Crippen LogP contribution is -2.35. The first-order valence-electron chi connectivity index (χ1n) is 8.38. The Morgan fingerprint density at radius 1 is 0.583 bits per heavy atom. The first kappa shape index (κ1) is 22.8. The van der Waals surface area contributed by atoms with Crippen LogP contribution in [0.2, 0.25) is 0 Å². The maximum Gasteiger partial charge on any atom is 0.317 e. The van der Waals surface area contributed by atoms with Gasteiger partial charge in [-0.25, -0.2) is 0 Å². The molecule has 24 heavy (non-hydrogen) atoms. The van der Waals surface area contributed by atoms with Crippen molar-refractivity contribution in [2.24, 2.45) is 0 Å². The lowest BCUT2D eigenvalue weighted by molar-refractivity contribution is -0.139. The summed E-state index contributed by atoms with van der Waals surface area (Å²) in [5.41, 5.74) is 0. The lowest BCUT2D eigenvalue weighted by Gasteiger charge is -2.23. The molecule has 0 amide bonds. The zero-order valence-electron chi connectivity index (χ0n) is 15.6. The molecule has 0 heterocycles. The van der Waals surface area contributed by atoms with Gasteiger partial charge in [-0.05, 0) is 67.2 Å². The van der Waals surface area contributed by atoms with E-state index in [0.29, 0.717) is 0 Å². The van der Waals surface area contributed by atoms with Crippen LogP contribution in [-0.4, -0.2) is 122 Å². The van der Waals surface area contributed by atoms with E-state index < -0.39 is 11.9 Å². The number of likely N-dealkylation sites (N-methyl/N-ethyl adjacent to an activating group) is 4. The lowest BCUT2D eigenvalue weighted by atomic mass is 10.3. The fraction of sp³-hybridized carbons (Fsp3) is 0.875. The highest BCUT2D eigenvalue weighted by atomic mass is 16.4. The maximum absolute atomic E-state index is 10.6. The number of rotatable bonds is 15. The van der Waals surface area contributed by atoms with Gasteiger partial charge in [-0.15, -0.1) is 0 Å². The van der Waals surface area contributed by atoms with Crippen LogP contribution in [0.4, 0.5) is 0 Å². The molecule has 0 unspecified atom stereocenters. The van der Waals surface area contributed by atoms with Gasteiger partial charge in [0.1, 0.15) is 0 Å². The molecule has 0 spiro atoms. The fourth-order valence-electron chi connectivity index (χ4n) is 2.41. The van der Waals surface area contributed by atoms with Crippen LogP contribution in [0.25, 0.3) is 0 Å². The van der Waals surface area contributed by atoms with Gasteiger partial charge in [0.15, 0.2) is 0 Å². The van der Waals surface area contributed by atoms with E-state index in [1.165, 1.54) is 0 Å². The molecule has 0 aromatic rings. The van der Waals surface area contributed by atoms with E-state index >= 15 is 0 Å². The molecule has 0 saturated carbocycles. The van der Waals surface area contributed by atoms with Crippen molar-refractivity contribution in [3.05, 3.63) is 0 Å². The van der Waals surface area contributed by atoms with Crippen molar-refractivity contribution in [1.82, 2.24) is 19.6 Å². The average Bonchev–Trinajstić information content (AvgIpc) is 2.43. The van der Waals surface area contributed by atoms with Gasteiger partial charge < -0.3 is 20.0 Å². The van der Waals surface area contributed by atoms with Crippen molar-refractivity contribution in [2.45, 2.75) is 12.8 Å². The van der Waals surface area contributed by atoms with Crippen LogP contribution in [0.1, 0.15) is 12.8 Å². The van der Waals surface area contributed by atoms with Crippen molar-refractivity contribution in [3.8, 4) is 0 Å². The Morgan fingerprint density at radius 2 is 0.875 bits per heavy atom. The van der Waals surface area contributed by atoms with Crippen molar-refractivity contribution >= 4 is 11.9 Å². The van der Waals surface area contributed by atoms with Gasteiger partial charge in [0.2, 0.25) is 0 Å². The molecule has 0 saturated heterocycles. The molecule has 0 aliphatic rings. The Morgan fingerprint density at radius 3 is 1.17 bits per heavy atom. The molecule has 0 aromatic heterocycles. The zero-order valence-corrected chi connectivity index (χ0v) is 15.6. The number of carbonyl (C=O) groups is 2. The third-order valence-electron chi connectivity index (χ3n) is 3.83. The second-order valence-corrected chi connectivity index (χ2v) is 6.58. The number of aliphatic carboxylic acids is 2. The molecule has 0 aliphatic heterocycles. The minimum absolute atomic E-state index is 0.0861. The van der Waals surface area contributed by atoms with Crippen LogP contribution >= 0.6 is 0 Å². The second-order valence-electron chi connectivity index (χ2n) is 6.58. The highest BCUT2D eigenvalue weighted by Gasteiger charge is 2.07. The van der Waals surface area contributed by atoms with Gasteiger partial charge >= 0.3 is 11.9 Å². The molecule has 0 aliphatic carbocycles. The van der Waals surface area contributed by atoms with Gasteiger partial charge in [-0.1, -0.05) is 0 Å². The van der Waals surface area contributed by atoms with Crippen LogP contribution < -0.4 is 0 Å². The van der Waals surface area contributed by atoms with E-state index in [9.17, 15) is 9.59 Å². The number of nitrogens with zero attached hydrogens (tertiary/aromatic N) is 4. The predicted molar refractivity (Wildman–Crippen MR) is 94.5 cm³/mol. The topological polar surface area (TPSA) is 87.6 Å². The molecule has 142 valence electrons. The third-order valence-corrected chi connectivity index (χ3v) is 3.83. The van der Waals surface area contributed by atoms with Gasteiger partial charge in [0.25, 0.3) is 0 Å². The monoisotopic (exact) mass is 346 g/mol. The quantitative estimate of drug-likeness (QED) is 0.417. The van der Waals surface area contributed by atoms with E-state index in [-0.39, 0.29) is 13.1 Å². The van der Waals surface area contributed by atoms with Crippen LogP contribution in [0.3, 0.4) is 0 Å². The SMILES string of the molecule is CN(CCCN(C)CC(=O)O)CCN(C)CCCN(C)CC(=O)O. The maximum atomic E-state index is 10.6. The van der Waals surface area contributed by atoms with Crippen LogP contribution in [0, 0.1) is 0 Å². The van der Waals surface area contributed by atoms with Crippen LogP contribution in [0.5, 0.6) is 0 Å². The van der Waals surface area contributed by atoms with Gasteiger partial charge in [-0.3, -0.25) is 19.4 Å². The summed E-state index contributed by atoms with van der Waals surface area (Å²) in [7, 11) is 7.80. The summed E-state index contributed by atoms with van der Waals surface area (Å²) in [4.78, 5) is 29.3. The smallest absolute Gasteiger partial charge is 0.317 e. The van der Waals surface area contributed by atoms with Crippen LogP contribution in [-0.2, 0) is 9.59 Å². The van der Waals surface area contributed by atoms with Gasteiger partial charge in [-0.2, -0.15) is 0 Å². The summed E-state index contributed by atoms with van der Waals surface area (Å²) in [6.07, 6.45) is 1.90. The number of hydrogen-bond acceptors (Lipinski definition) is 6. The first-order valence-corrected chi connectivity index (χ1v) is 8.38. The predicted octanol–water partition coefficient (Wildman–Crippen LogP) is -0.337. The summed E-state index contributed by atoms with van der Waals surface area (Å²) in [6.45, 7) is 5.54. The standard InChI is InChI=1S/C16H34N4O4/c1-17(7-5-9-19(3)13-15(21)22)11-12-18(2)8-6-10-20(4)14-16(23)24/h5-14H2,1-4H3,(H,21,22)(H,23,24). The van der Waals surface area contributed by atoms with Crippen molar-refractivity contribution in [2.75, 3.05) is 80.5 Å². The Balaban J connectivity index is 3.65. The summed E-state index contributed by atoms with van der Waals surface area (Å²) in [6, 6.07) is 0. The van der Waals surface area contributed by atoms with Gasteiger partial charge in [0, 0.05) is 13.1 Å². The van der Waals surface area contributed by atoms with E-state index in [1.807, 2.05) is 23.9 Å². The van der Waals surface area contributed by atoms with E-state index in [4.69, 9.17) is 10.2 Å². The Labute approximate surface area is 145 Å². The molecule has 0 atom stereocenters. The van der Waals surface area contributed by atoms with E-state index in [1.54, 1.807) is 0 Å². The first-order chi connectivity index (χ1) is 11.2. The van der Waals surface area contributed by atoms with E-state index in [0.717, 1.165) is 52.1 Å². The minimum atomic E-state index is -0.790.